The lowest BCUT2D eigenvalue weighted by Gasteiger charge is -2.47. The van der Waals surface area contributed by atoms with Gasteiger partial charge in [-0.1, -0.05) is 23.7 Å². The van der Waals surface area contributed by atoms with Crippen LogP contribution >= 0.6 is 11.6 Å². The number of para-hydroxylation sites is 2. The number of anilines is 6. The topological polar surface area (TPSA) is 103 Å². The van der Waals surface area contributed by atoms with Crippen LogP contribution in [0.4, 0.5) is 34.5 Å². The summed E-state index contributed by atoms with van der Waals surface area (Å²) >= 11 is 6.42. The van der Waals surface area contributed by atoms with Crippen molar-refractivity contribution in [2.75, 3.05) is 73.5 Å². The first-order valence-corrected chi connectivity index (χ1v) is 16.0. The Balaban J connectivity index is 1.31. The first-order valence-electron chi connectivity index (χ1n) is 13.8. The highest BCUT2D eigenvalue weighted by molar-refractivity contribution is 7.92. The summed E-state index contributed by atoms with van der Waals surface area (Å²) in [6.45, 7) is 4.49. The molecule has 5 rings (SSSR count). The summed E-state index contributed by atoms with van der Waals surface area (Å²) in [4.78, 5) is 13.8. The third-order valence-corrected chi connectivity index (χ3v) is 9.87. The molecule has 0 amide bonds. The second kappa shape index (κ2) is 11.9. The molecule has 2 aliphatic rings. The van der Waals surface area contributed by atoms with Crippen molar-refractivity contribution in [1.29, 1.82) is 0 Å². The molecule has 3 aromatic rings. The van der Waals surface area contributed by atoms with E-state index in [4.69, 9.17) is 16.3 Å². The summed E-state index contributed by atoms with van der Waals surface area (Å²) in [5.41, 5.74) is 3.37. The number of methoxy groups -OCH3 is 1. The van der Waals surface area contributed by atoms with Crippen LogP contribution in [0.1, 0.15) is 25.7 Å². The normalized spacial score (nSPS) is 17.3. The standard InChI is InChI=1S/C29H38ClN7O3S/c1-35-15-11-29(12-16-35)13-17-37(18-14-29)21-9-10-24(26(19-21)40-3)33-28-31-20-22(30)27(34-28)32-23-7-5-6-8-25(23)36(2)41(4,38)39/h5-10,19-20H,11-18H2,1-4H3,(H2,31,32,33,34). The molecular formula is C29H38ClN7O3S. The van der Waals surface area contributed by atoms with Gasteiger partial charge in [0.25, 0.3) is 0 Å². The molecule has 1 aromatic heterocycles. The van der Waals surface area contributed by atoms with Crippen LogP contribution in [0, 0.1) is 5.41 Å². The van der Waals surface area contributed by atoms with Crippen LogP contribution in [0.3, 0.4) is 0 Å². The van der Waals surface area contributed by atoms with Crippen LogP contribution in [0.5, 0.6) is 5.75 Å². The quantitative estimate of drug-likeness (QED) is 0.355. The molecule has 2 saturated heterocycles. The molecule has 10 nitrogen and oxygen atoms in total. The number of benzene rings is 2. The highest BCUT2D eigenvalue weighted by Gasteiger charge is 2.37. The fraction of sp³-hybridized carbons (Fsp3) is 0.448. The molecule has 0 bridgehead atoms. The average molecular weight is 600 g/mol. The fourth-order valence-corrected chi connectivity index (χ4v) is 6.26. The summed E-state index contributed by atoms with van der Waals surface area (Å²) in [5.74, 6) is 1.35. The largest absolute Gasteiger partial charge is 0.494 e. The Bertz CT molecular complexity index is 1490. The van der Waals surface area contributed by atoms with Crippen molar-refractivity contribution in [3.63, 3.8) is 0 Å². The maximum atomic E-state index is 12.1. The molecule has 2 fully saturated rings. The van der Waals surface area contributed by atoms with E-state index in [9.17, 15) is 8.42 Å². The number of aromatic nitrogens is 2. The Kier molecular flexibility index (Phi) is 8.49. The van der Waals surface area contributed by atoms with E-state index in [1.54, 1.807) is 31.4 Å². The number of nitrogens with zero attached hydrogens (tertiary/aromatic N) is 5. The molecule has 0 atom stereocenters. The van der Waals surface area contributed by atoms with Crippen molar-refractivity contribution >= 4 is 56.1 Å². The molecule has 2 aromatic carbocycles. The van der Waals surface area contributed by atoms with E-state index < -0.39 is 10.0 Å². The van der Waals surface area contributed by atoms with Gasteiger partial charge >= 0.3 is 0 Å². The lowest BCUT2D eigenvalue weighted by atomic mass is 9.71. The summed E-state index contributed by atoms with van der Waals surface area (Å²) in [6.07, 6.45) is 7.68. The van der Waals surface area contributed by atoms with Gasteiger partial charge in [0.05, 0.1) is 36.6 Å². The van der Waals surface area contributed by atoms with Crippen molar-refractivity contribution in [1.82, 2.24) is 14.9 Å². The molecule has 0 radical (unpaired) electrons. The number of piperidine rings is 2. The van der Waals surface area contributed by atoms with Crippen LogP contribution in [0.15, 0.2) is 48.7 Å². The number of ether oxygens (including phenoxy) is 1. The Labute approximate surface area is 247 Å². The SMILES string of the molecule is COc1cc(N2CCC3(CCN(C)CC3)CC2)ccc1Nc1ncc(Cl)c(Nc2ccccc2N(C)S(C)(=O)=O)n1. The molecule has 1 spiro atoms. The summed E-state index contributed by atoms with van der Waals surface area (Å²) in [5, 5.41) is 6.70. The van der Waals surface area contributed by atoms with Crippen LogP contribution < -0.4 is 24.6 Å². The number of rotatable bonds is 8. The molecule has 12 heteroatoms. The van der Waals surface area contributed by atoms with Crippen LogP contribution in [-0.2, 0) is 10.0 Å². The van der Waals surface area contributed by atoms with E-state index in [0.717, 1.165) is 30.7 Å². The number of likely N-dealkylation sites (tertiary alicyclic amines) is 1. The van der Waals surface area contributed by atoms with Gasteiger partial charge in [-0.3, -0.25) is 4.31 Å². The summed E-state index contributed by atoms with van der Waals surface area (Å²) in [7, 11) is 1.90. The molecule has 3 heterocycles. The van der Waals surface area contributed by atoms with Gasteiger partial charge in [-0.15, -0.1) is 0 Å². The minimum absolute atomic E-state index is 0.294. The van der Waals surface area contributed by atoms with Crippen molar-refractivity contribution in [2.45, 2.75) is 25.7 Å². The second-order valence-electron chi connectivity index (χ2n) is 11.1. The number of hydrogen-bond donors (Lipinski definition) is 2. The predicted molar refractivity (Wildman–Crippen MR) is 167 cm³/mol. The molecule has 0 aliphatic carbocycles. The highest BCUT2D eigenvalue weighted by Crippen LogP contribution is 2.43. The number of hydrogen-bond acceptors (Lipinski definition) is 9. The van der Waals surface area contributed by atoms with Gasteiger partial charge in [0.15, 0.2) is 5.82 Å². The Morgan fingerprint density at radius 3 is 2.37 bits per heavy atom. The monoisotopic (exact) mass is 599 g/mol. The van der Waals surface area contributed by atoms with Gasteiger partial charge in [0.2, 0.25) is 16.0 Å². The Hall–Kier alpha value is -3.28. The number of sulfonamides is 1. The third kappa shape index (κ3) is 6.63. The van der Waals surface area contributed by atoms with Crippen molar-refractivity contribution < 1.29 is 13.2 Å². The maximum Gasteiger partial charge on any atom is 0.232 e. The third-order valence-electron chi connectivity index (χ3n) is 8.41. The zero-order valence-corrected chi connectivity index (χ0v) is 25.6. The first kappa shape index (κ1) is 29.2. The van der Waals surface area contributed by atoms with Gasteiger partial charge in [-0.2, -0.15) is 4.98 Å². The Morgan fingerprint density at radius 1 is 1.00 bits per heavy atom. The van der Waals surface area contributed by atoms with E-state index in [2.05, 4.69) is 49.6 Å². The lowest BCUT2D eigenvalue weighted by molar-refractivity contribution is 0.0945. The van der Waals surface area contributed by atoms with Crippen molar-refractivity contribution in [3.8, 4) is 5.75 Å². The molecule has 41 heavy (non-hydrogen) atoms. The average Bonchev–Trinajstić information content (AvgIpc) is 2.96. The predicted octanol–water partition coefficient (Wildman–Crippen LogP) is 5.33. The van der Waals surface area contributed by atoms with Gasteiger partial charge in [0.1, 0.15) is 10.8 Å². The van der Waals surface area contributed by atoms with E-state index in [1.165, 1.54) is 56.3 Å². The molecular weight excluding hydrogens is 562 g/mol. The molecule has 0 saturated carbocycles. The van der Waals surface area contributed by atoms with Gasteiger partial charge < -0.3 is 25.2 Å². The molecule has 2 N–H and O–H groups in total. The van der Waals surface area contributed by atoms with E-state index in [0.29, 0.717) is 39.3 Å². The van der Waals surface area contributed by atoms with Crippen LogP contribution in [0.25, 0.3) is 0 Å². The molecule has 0 unspecified atom stereocenters. The van der Waals surface area contributed by atoms with Crippen LogP contribution in [-0.4, -0.2) is 76.9 Å². The zero-order valence-electron chi connectivity index (χ0n) is 24.0. The summed E-state index contributed by atoms with van der Waals surface area (Å²) < 4.78 is 31.2. The Morgan fingerprint density at radius 2 is 1.68 bits per heavy atom. The molecule has 2 aliphatic heterocycles. The second-order valence-corrected chi connectivity index (χ2v) is 13.5. The van der Waals surface area contributed by atoms with Crippen molar-refractivity contribution in [2.24, 2.45) is 5.41 Å². The van der Waals surface area contributed by atoms with Crippen molar-refractivity contribution in [3.05, 3.63) is 53.7 Å². The van der Waals surface area contributed by atoms with E-state index in [-0.39, 0.29) is 0 Å². The smallest absolute Gasteiger partial charge is 0.232 e. The zero-order chi connectivity index (χ0) is 29.2. The minimum atomic E-state index is -3.46. The van der Waals surface area contributed by atoms with E-state index >= 15 is 0 Å². The van der Waals surface area contributed by atoms with Gasteiger partial charge in [-0.05, 0) is 75.5 Å². The van der Waals surface area contributed by atoms with Gasteiger partial charge in [0, 0.05) is 31.9 Å². The number of nitrogens with one attached hydrogen (secondary N) is 2. The first-order chi connectivity index (χ1) is 19.6. The highest BCUT2D eigenvalue weighted by atomic mass is 35.5. The van der Waals surface area contributed by atoms with Crippen LogP contribution in [0.2, 0.25) is 5.02 Å². The maximum absolute atomic E-state index is 12.1. The van der Waals surface area contributed by atoms with Gasteiger partial charge in [-0.25, -0.2) is 13.4 Å². The number of halogens is 1. The lowest BCUT2D eigenvalue weighted by Crippen LogP contribution is -2.46. The molecule has 220 valence electrons. The summed E-state index contributed by atoms with van der Waals surface area (Å²) in [6, 6.07) is 13.2. The van der Waals surface area contributed by atoms with E-state index in [1.807, 2.05) is 6.07 Å². The minimum Gasteiger partial charge on any atom is -0.494 e. The fourth-order valence-electron chi connectivity index (χ4n) is 5.61.